The van der Waals surface area contributed by atoms with Crippen molar-refractivity contribution in [3.8, 4) is 5.75 Å². The largest absolute Gasteiger partial charge is 0.494 e. The van der Waals surface area contributed by atoms with Crippen LogP contribution in [0.5, 0.6) is 5.75 Å². The van der Waals surface area contributed by atoms with E-state index in [1.807, 2.05) is 6.07 Å². The molecule has 0 aliphatic carbocycles. The molecule has 1 aromatic carbocycles. The molecule has 2 rings (SSSR count). The summed E-state index contributed by atoms with van der Waals surface area (Å²) in [5.74, 6) is -0.142. The second kappa shape index (κ2) is 6.21. The molecule has 1 N–H and O–H groups in total. The minimum Gasteiger partial charge on any atom is -0.494 e. The molecule has 0 unspecified atom stereocenters. The number of hydrogen-bond donors (Lipinski definition) is 1. The molecule has 0 atom stereocenters. The van der Waals surface area contributed by atoms with Gasteiger partial charge in [0.1, 0.15) is 5.15 Å². The van der Waals surface area contributed by atoms with E-state index >= 15 is 0 Å². The van der Waals surface area contributed by atoms with Gasteiger partial charge in [-0.15, -0.1) is 0 Å². The quantitative estimate of drug-likeness (QED) is 0.841. The third-order valence-corrected chi connectivity index (χ3v) is 3.64. The fourth-order valence-electron chi connectivity index (χ4n) is 1.54. The Hall–Kier alpha value is -1.33. The average Bonchev–Trinajstić information content (AvgIpc) is 2.40. The normalized spacial score (nSPS) is 10.3. The Morgan fingerprint density at radius 2 is 2.21 bits per heavy atom. The molecule has 6 heteroatoms. The van der Waals surface area contributed by atoms with Crippen LogP contribution in [0.25, 0.3) is 0 Å². The van der Waals surface area contributed by atoms with Gasteiger partial charge in [0.25, 0.3) is 0 Å². The first kappa shape index (κ1) is 14.1. The lowest BCUT2D eigenvalue weighted by molar-refractivity contribution is 0.386. The van der Waals surface area contributed by atoms with Crippen LogP contribution in [0.2, 0.25) is 5.15 Å². The van der Waals surface area contributed by atoms with Crippen LogP contribution in [0.15, 0.2) is 34.9 Å². The number of halogens is 3. The molecular formula is C13H11BrClFN2O. The number of nitrogens with zero attached hydrogens (tertiary/aromatic N) is 1. The van der Waals surface area contributed by atoms with Crippen LogP contribution in [0.4, 0.5) is 10.1 Å². The minimum absolute atomic E-state index is 0.236. The second-order valence-electron chi connectivity index (χ2n) is 3.82. The van der Waals surface area contributed by atoms with E-state index in [2.05, 4.69) is 26.2 Å². The zero-order valence-electron chi connectivity index (χ0n) is 10.1. The van der Waals surface area contributed by atoms with Gasteiger partial charge in [-0.25, -0.2) is 9.37 Å². The van der Waals surface area contributed by atoms with E-state index in [9.17, 15) is 4.39 Å². The third-order valence-electron chi connectivity index (χ3n) is 2.51. The molecule has 0 bridgehead atoms. The standard InChI is InChI=1S/C13H11BrClFN2O/c1-19-12-3-2-8(4-11(12)16)6-17-9-5-10(14)13(15)18-7-9/h2-5,7,17H,6H2,1H3. The predicted molar refractivity (Wildman–Crippen MR) is 77.2 cm³/mol. The molecule has 0 amide bonds. The molecular weight excluding hydrogens is 335 g/mol. The lowest BCUT2D eigenvalue weighted by atomic mass is 10.2. The summed E-state index contributed by atoms with van der Waals surface area (Å²) in [5.41, 5.74) is 1.61. The Bertz CT molecular complexity index is 595. The van der Waals surface area contributed by atoms with Crippen molar-refractivity contribution in [2.24, 2.45) is 0 Å². The van der Waals surface area contributed by atoms with Gasteiger partial charge in [0, 0.05) is 6.54 Å². The summed E-state index contributed by atoms with van der Waals surface area (Å²) < 4.78 is 19.1. The summed E-state index contributed by atoms with van der Waals surface area (Å²) in [5, 5.41) is 3.54. The molecule has 0 aliphatic heterocycles. The topological polar surface area (TPSA) is 34.1 Å². The van der Waals surface area contributed by atoms with Crippen LogP contribution in [0, 0.1) is 5.82 Å². The van der Waals surface area contributed by atoms with Crippen molar-refractivity contribution in [3.05, 3.63) is 51.5 Å². The van der Waals surface area contributed by atoms with Crippen molar-refractivity contribution in [2.45, 2.75) is 6.54 Å². The number of hydrogen-bond acceptors (Lipinski definition) is 3. The van der Waals surface area contributed by atoms with E-state index in [1.54, 1.807) is 18.3 Å². The Balaban J connectivity index is 2.05. The van der Waals surface area contributed by atoms with Crippen LogP contribution >= 0.6 is 27.5 Å². The predicted octanol–water partition coefficient (Wildman–Crippen LogP) is 4.26. The maximum Gasteiger partial charge on any atom is 0.165 e. The molecule has 0 radical (unpaired) electrons. The van der Waals surface area contributed by atoms with Gasteiger partial charge in [0.05, 0.1) is 23.5 Å². The van der Waals surface area contributed by atoms with Crippen molar-refractivity contribution < 1.29 is 9.13 Å². The van der Waals surface area contributed by atoms with Gasteiger partial charge in [-0.1, -0.05) is 17.7 Å². The summed E-state index contributed by atoms with van der Waals surface area (Å²) in [4.78, 5) is 4.00. The lowest BCUT2D eigenvalue weighted by Gasteiger charge is -2.08. The first-order valence-electron chi connectivity index (χ1n) is 5.47. The molecule has 0 aliphatic rings. The van der Waals surface area contributed by atoms with E-state index < -0.39 is 0 Å². The van der Waals surface area contributed by atoms with E-state index in [-0.39, 0.29) is 11.6 Å². The Kier molecular flexibility index (Phi) is 4.61. The molecule has 0 saturated carbocycles. The minimum atomic E-state index is -0.378. The molecule has 1 heterocycles. The SMILES string of the molecule is COc1ccc(CNc2cnc(Cl)c(Br)c2)cc1F. The highest BCUT2D eigenvalue weighted by atomic mass is 79.9. The molecule has 2 aromatic rings. The summed E-state index contributed by atoms with van der Waals surface area (Å²) in [6.07, 6.45) is 1.62. The number of methoxy groups -OCH3 is 1. The highest BCUT2D eigenvalue weighted by Gasteiger charge is 2.04. The second-order valence-corrected chi connectivity index (χ2v) is 5.03. The Morgan fingerprint density at radius 1 is 1.42 bits per heavy atom. The highest BCUT2D eigenvalue weighted by molar-refractivity contribution is 9.10. The van der Waals surface area contributed by atoms with Gasteiger partial charge < -0.3 is 10.1 Å². The molecule has 0 saturated heterocycles. The molecule has 1 aromatic heterocycles. The summed E-state index contributed by atoms with van der Waals surface area (Å²) in [6, 6.07) is 6.65. The van der Waals surface area contributed by atoms with Crippen molar-refractivity contribution >= 4 is 33.2 Å². The first-order valence-corrected chi connectivity index (χ1v) is 6.64. The number of aromatic nitrogens is 1. The number of benzene rings is 1. The maximum absolute atomic E-state index is 13.5. The smallest absolute Gasteiger partial charge is 0.165 e. The van der Waals surface area contributed by atoms with Crippen molar-refractivity contribution in [3.63, 3.8) is 0 Å². The van der Waals surface area contributed by atoms with Crippen LogP contribution < -0.4 is 10.1 Å². The molecule has 0 fully saturated rings. The van der Waals surface area contributed by atoms with Gasteiger partial charge in [-0.2, -0.15) is 0 Å². The number of anilines is 1. The summed E-state index contributed by atoms with van der Waals surface area (Å²) in [7, 11) is 1.44. The number of pyridine rings is 1. The summed E-state index contributed by atoms with van der Waals surface area (Å²) in [6.45, 7) is 0.483. The van der Waals surface area contributed by atoms with Crippen LogP contribution in [0.1, 0.15) is 5.56 Å². The first-order chi connectivity index (χ1) is 9.10. The monoisotopic (exact) mass is 344 g/mol. The zero-order chi connectivity index (χ0) is 13.8. The number of nitrogens with one attached hydrogen (secondary N) is 1. The van der Waals surface area contributed by atoms with Crippen molar-refractivity contribution in [1.29, 1.82) is 0 Å². The fraction of sp³-hybridized carbons (Fsp3) is 0.154. The van der Waals surface area contributed by atoms with Crippen molar-refractivity contribution in [2.75, 3.05) is 12.4 Å². The van der Waals surface area contributed by atoms with Crippen LogP contribution in [0.3, 0.4) is 0 Å². The molecule has 3 nitrogen and oxygen atoms in total. The Labute approximate surface area is 123 Å². The molecule has 19 heavy (non-hydrogen) atoms. The lowest BCUT2D eigenvalue weighted by Crippen LogP contribution is -2.01. The Morgan fingerprint density at radius 3 is 2.84 bits per heavy atom. The van der Waals surface area contributed by atoms with Gasteiger partial charge >= 0.3 is 0 Å². The van der Waals surface area contributed by atoms with Gasteiger partial charge in [-0.3, -0.25) is 0 Å². The number of ether oxygens (including phenoxy) is 1. The molecule has 100 valence electrons. The van der Waals surface area contributed by atoms with E-state index in [4.69, 9.17) is 16.3 Å². The van der Waals surface area contributed by atoms with Crippen LogP contribution in [-0.4, -0.2) is 12.1 Å². The van der Waals surface area contributed by atoms with Gasteiger partial charge in [0.15, 0.2) is 11.6 Å². The van der Waals surface area contributed by atoms with E-state index in [0.29, 0.717) is 16.2 Å². The van der Waals surface area contributed by atoms with E-state index in [0.717, 1.165) is 11.3 Å². The highest BCUT2D eigenvalue weighted by Crippen LogP contribution is 2.23. The fourth-order valence-corrected chi connectivity index (χ4v) is 1.99. The van der Waals surface area contributed by atoms with Crippen molar-refractivity contribution in [1.82, 2.24) is 4.98 Å². The maximum atomic E-state index is 13.5. The van der Waals surface area contributed by atoms with Crippen LogP contribution in [-0.2, 0) is 6.54 Å². The summed E-state index contributed by atoms with van der Waals surface area (Å²) >= 11 is 9.09. The van der Waals surface area contributed by atoms with E-state index in [1.165, 1.54) is 13.2 Å². The number of rotatable bonds is 4. The molecule has 0 spiro atoms. The van der Waals surface area contributed by atoms with Gasteiger partial charge in [0.2, 0.25) is 0 Å². The van der Waals surface area contributed by atoms with Gasteiger partial charge in [-0.05, 0) is 39.7 Å². The average molecular weight is 346 g/mol. The third kappa shape index (κ3) is 3.58. The zero-order valence-corrected chi connectivity index (χ0v) is 12.4.